The minimum atomic E-state index is -0.532. The Kier molecular flexibility index (Phi) is 5.85. The van der Waals surface area contributed by atoms with Gasteiger partial charge >= 0.3 is 0 Å². The zero-order valence-electron chi connectivity index (χ0n) is 9.47. The quantitative estimate of drug-likeness (QED) is 0.788. The van der Waals surface area contributed by atoms with Gasteiger partial charge in [-0.15, -0.1) is 0 Å². The zero-order chi connectivity index (χ0) is 13.9. The standard InChI is InChI=1S/C11H11BrCl2N2OS/c1-2-6(10(15)18)11(17)16-9-7(13)3-5(12)4-8(9)14/h3-4,6H,2H2,1H3,(H2,15,18)(H,16,17). The molecule has 1 amide bonds. The van der Waals surface area contributed by atoms with Gasteiger partial charge < -0.3 is 11.1 Å². The van der Waals surface area contributed by atoms with Crippen molar-refractivity contribution in [3.8, 4) is 0 Å². The van der Waals surface area contributed by atoms with E-state index >= 15 is 0 Å². The first-order chi connectivity index (χ1) is 8.36. The SMILES string of the molecule is CCC(C(=O)Nc1c(Cl)cc(Br)cc1Cl)C(N)=S. The van der Waals surface area contributed by atoms with Crippen molar-refractivity contribution in [2.45, 2.75) is 13.3 Å². The van der Waals surface area contributed by atoms with Gasteiger partial charge in [-0.1, -0.05) is 58.3 Å². The van der Waals surface area contributed by atoms with Crippen LogP contribution in [0.25, 0.3) is 0 Å². The van der Waals surface area contributed by atoms with Crippen LogP contribution in [0.2, 0.25) is 10.0 Å². The molecule has 0 aliphatic carbocycles. The topological polar surface area (TPSA) is 55.1 Å². The molecule has 0 saturated carbocycles. The lowest BCUT2D eigenvalue weighted by atomic mass is 10.1. The first-order valence-electron chi connectivity index (χ1n) is 5.11. The molecule has 1 unspecified atom stereocenters. The van der Waals surface area contributed by atoms with Gasteiger partial charge in [-0.05, 0) is 18.6 Å². The first-order valence-corrected chi connectivity index (χ1v) is 7.07. The molecule has 18 heavy (non-hydrogen) atoms. The van der Waals surface area contributed by atoms with Gasteiger partial charge in [-0.2, -0.15) is 0 Å². The van der Waals surface area contributed by atoms with Gasteiger partial charge in [0, 0.05) is 4.47 Å². The Hall–Kier alpha value is -0.360. The summed E-state index contributed by atoms with van der Waals surface area (Å²) in [6, 6.07) is 3.29. The van der Waals surface area contributed by atoms with Crippen LogP contribution in [0.3, 0.4) is 0 Å². The van der Waals surface area contributed by atoms with Crippen LogP contribution in [-0.4, -0.2) is 10.9 Å². The van der Waals surface area contributed by atoms with Crippen molar-refractivity contribution in [2.75, 3.05) is 5.32 Å². The van der Waals surface area contributed by atoms with E-state index in [2.05, 4.69) is 21.2 Å². The number of hydrogen-bond acceptors (Lipinski definition) is 2. The summed E-state index contributed by atoms with van der Waals surface area (Å²) in [6.07, 6.45) is 0.521. The minimum absolute atomic E-state index is 0.152. The van der Waals surface area contributed by atoms with Crippen LogP contribution >= 0.6 is 51.3 Å². The maximum Gasteiger partial charge on any atom is 0.234 e. The van der Waals surface area contributed by atoms with Crippen molar-refractivity contribution in [1.29, 1.82) is 0 Å². The van der Waals surface area contributed by atoms with Gasteiger partial charge in [0.2, 0.25) is 5.91 Å². The number of amides is 1. The normalized spacial score (nSPS) is 12.0. The van der Waals surface area contributed by atoms with Crippen LogP contribution in [0, 0.1) is 5.92 Å². The Labute approximate surface area is 129 Å². The van der Waals surface area contributed by atoms with E-state index < -0.39 is 5.92 Å². The second-order valence-electron chi connectivity index (χ2n) is 3.60. The fourth-order valence-corrected chi connectivity index (χ4v) is 2.96. The third-order valence-electron chi connectivity index (χ3n) is 2.32. The van der Waals surface area contributed by atoms with E-state index in [1.807, 2.05) is 6.92 Å². The Morgan fingerprint density at radius 2 is 2.00 bits per heavy atom. The molecular weight excluding hydrogens is 359 g/mol. The molecular formula is C11H11BrCl2N2OS. The molecule has 7 heteroatoms. The van der Waals surface area contributed by atoms with E-state index in [1.54, 1.807) is 12.1 Å². The molecule has 1 aromatic carbocycles. The number of rotatable bonds is 4. The van der Waals surface area contributed by atoms with E-state index in [0.29, 0.717) is 22.2 Å². The summed E-state index contributed by atoms with van der Waals surface area (Å²) in [6.45, 7) is 1.83. The first kappa shape index (κ1) is 15.7. The van der Waals surface area contributed by atoms with Crippen LogP contribution in [0.1, 0.15) is 13.3 Å². The van der Waals surface area contributed by atoms with Gasteiger partial charge in [0.25, 0.3) is 0 Å². The highest BCUT2D eigenvalue weighted by molar-refractivity contribution is 9.10. The number of carbonyl (C=O) groups excluding carboxylic acids is 1. The molecule has 0 aromatic heterocycles. The maximum absolute atomic E-state index is 12.0. The molecule has 0 bridgehead atoms. The summed E-state index contributed by atoms with van der Waals surface area (Å²) >= 11 is 20.1. The third-order valence-corrected chi connectivity index (χ3v) is 3.66. The van der Waals surface area contributed by atoms with Gasteiger partial charge in [-0.25, -0.2) is 0 Å². The fourth-order valence-electron chi connectivity index (χ4n) is 1.39. The van der Waals surface area contributed by atoms with E-state index in [9.17, 15) is 4.79 Å². The Balaban J connectivity index is 2.98. The number of nitrogens with two attached hydrogens (primary N) is 1. The number of thiocarbonyl (C=S) groups is 1. The van der Waals surface area contributed by atoms with Crippen molar-refractivity contribution in [3.63, 3.8) is 0 Å². The van der Waals surface area contributed by atoms with E-state index in [0.717, 1.165) is 4.47 Å². The summed E-state index contributed by atoms with van der Waals surface area (Å²) in [5, 5.41) is 3.34. The van der Waals surface area contributed by atoms with Gasteiger partial charge in [0.15, 0.2) is 0 Å². The van der Waals surface area contributed by atoms with E-state index in [1.165, 1.54) is 0 Å². The second kappa shape index (κ2) is 6.70. The van der Waals surface area contributed by atoms with Crippen molar-refractivity contribution < 1.29 is 4.79 Å². The average Bonchev–Trinajstić information content (AvgIpc) is 2.23. The average molecular weight is 370 g/mol. The van der Waals surface area contributed by atoms with E-state index in [4.69, 9.17) is 41.2 Å². The highest BCUT2D eigenvalue weighted by Gasteiger charge is 2.21. The molecule has 0 heterocycles. The molecule has 0 radical (unpaired) electrons. The predicted molar refractivity (Wildman–Crippen MR) is 83.4 cm³/mol. The zero-order valence-corrected chi connectivity index (χ0v) is 13.4. The third kappa shape index (κ3) is 3.82. The number of benzene rings is 1. The molecule has 0 aliphatic rings. The van der Waals surface area contributed by atoms with Gasteiger partial charge in [0.05, 0.1) is 26.6 Å². The predicted octanol–water partition coefficient (Wildman–Crippen LogP) is 4.01. The number of carbonyl (C=O) groups is 1. The highest BCUT2D eigenvalue weighted by Crippen LogP contribution is 2.34. The molecule has 98 valence electrons. The smallest absolute Gasteiger partial charge is 0.234 e. The lowest BCUT2D eigenvalue weighted by molar-refractivity contribution is -0.118. The number of halogens is 3. The molecule has 0 aliphatic heterocycles. The fraction of sp³-hybridized carbons (Fsp3) is 0.273. The van der Waals surface area contributed by atoms with Crippen LogP contribution < -0.4 is 11.1 Å². The van der Waals surface area contributed by atoms with Crippen molar-refractivity contribution >= 4 is 67.9 Å². The highest BCUT2D eigenvalue weighted by atomic mass is 79.9. The summed E-state index contributed by atoms with van der Waals surface area (Å²) in [5.74, 6) is -0.841. The van der Waals surface area contributed by atoms with Crippen LogP contribution in [0.4, 0.5) is 5.69 Å². The van der Waals surface area contributed by atoms with Crippen molar-refractivity contribution in [2.24, 2.45) is 11.7 Å². The Morgan fingerprint density at radius 3 is 2.39 bits per heavy atom. The summed E-state index contributed by atoms with van der Waals surface area (Å²) in [4.78, 5) is 12.1. The summed E-state index contributed by atoms with van der Waals surface area (Å²) in [7, 11) is 0. The van der Waals surface area contributed by atoms with E-state index in [-0.39, 0.29) is 10.9 Å². The van der Waals surface area contributed by atoms with Crippen LogP contribution in [-0.2, 0) is 4.79 Å². The van der Waals surface area contributed by atoms with Crippen molar-refractivity contribution in [3.05, 3.63) is 26.7 Å². The van der Waals surface area contributed by atoms with Crippen LogP contribution in [0.15, 0.2) is 16.6 Å². The summed E-state index contributed by atoms with van der Waals surface area (Å²) in [5.41, 5.74) is 5.86. The molecule has 1 atom stereocenters. The second-order valence-corrected chi connectivity index (χ2v) is 5.80. The Morgan fingerprint density at radius 1 is 1.50 bits per heavy atom. The maximum atomic E-state index is 12.0. The van der Waals surface area contributed by atoms with Gasteiger partial charge in [0.1, 0.15) is 0 Å². The van der Waals surface area contributed by atoms with Crippen molar-refractivity contribution in [1.82, 2.24) is 0 Å². The molecule has 1 aromatic rings. The largest absolute Gasteiger partial charge is 0.393 e. The molecule has 0 fully saturated rings. The molecule has 0 spiro atoms. The molecule has 1 rings (SSSR count). The lowest BCUT2D eigenvalue weighted by Crippen LogP contribution is -2.32. The lowest BCUT2D eigenvalue weighted by Gasteiger charge is -2.15. The van der Waals surface area contributed by atoms with Gasteiger partial charge in [-0.3, -0.25) is 4.79 Å². The minimum Gasteiger partial charge on any atom is -0.393 e. The molecule has 0 saturated heterocycles. The molecule has 3 N–H and O–H groups in total. The molecule has 3 nitrogen and oxygen atoms in total. The Bertz CT molecular complexity index is 473. The number of anilines is 1. The van der Waals surface area contributed by atoms with Crippen LogP contribution in [0.5, 0.6) is 0 Å². The number of hydrogen-bond donors (Lipinski definition) is 2. The summed E-state index contributed by atoms with van der Waals surface area (Å²) < 4.78 is 0.733. The monoisotopic (exact) mass is 368 g/mol. The number of nitrogens with one attached hydrogen (secondary N) is 1.